The fraction of sp³-hybridized carbons (Fsp3) is 0.579. The first kappa shape index (κ1) is 17.7. The van der Waals surface area contributed by atoms with Gasteiger partial charge in [-0.3, -0.25) is 4.79 Å². The molecule has 0 bridgehead atoms. The summed E-state index contributed by atoms with van der Waals surface area (Å²) in [6.45, 7) is 3.28. The van der Waals surface area contributed by atoms with Gasteiger partial charge in [0.05, 0.1) is 12.0 Å². The number of benzene rings is 1. The summed E-state index contributed by atoms with van der Waals surface area (Å²) >= 11 is 0. The third kappa shape index (κ3) is 3.48. The van der Waals surface area contributed by atoms with Crippen molar-refractivity contribution in [3.63, 3.8) is 0 Å². The van der Waals surface area contributed by atoms with E-state index in [1.54, 1.807) is 30.0 Å². The van der Waals surface area contributed by atoms with E-state index in [0.29, 0.717) is 50.9 Å². The lowest BCUT2D eigenvalue weighted by Gasteiger charge is -2.42. The van der Waals surface area contributed by atoms with Crippen molar-refractivity contribution in [2.45, 2.75) is 50.5 Å². The molecule has 1 saturated carbocycles. The molecule has 1 aliphatic heterocycles. The molecule has 2 amide bonds. The molecule has 0 aromatic heterocycles. The van der Waals surface area contributed by atoms with E-state index < -0.39 is 5.41 Å². The predicted octanol–water partition coefficient (Wildman–Crippen LogP) is 2.98. The Bertz CT molecular complexity index is 637. The number of carbonyl (C=O) groups excluding carboxylic acids is 2. The van der Waals surface area contributed by atoms with Crippen molar-refractivity contribution in [3.8, 4) is 0 Å². The van der Waals surface area contributed by atoms with E-state index in [1.807, 2.05) is 0 Å². The highest BCUT2D eigenvalue weighted by molar-refractivity contribution is 5.89. The van der Waals surface area contributed by atoms with Crippen molar-refractivity contribution in [3.05, 3.63) is 35.6 Å². The first-order valence-electron chi connectivity index (χ1n) is 9.04. The second kappa shape index (κ2) is 7.42. The number of hydrogen-bond acceptors (Lipinski definition) is 3. The van der Waals surface area contributed by atoms with Gasteiger partial charge in [-0.1, -0.05) is 24.6 Å². The molecule has 3 rings (SSSR count). The Labute approximate surface area is 147 Å². The minimum atomic E-state index is -0.733. The minimum Gasteiger partial charge on any atom is -0.450 e. The number of likely N-dealkylation sites (tertiary alicyclic amines) is 1. The van der Waals surface area contributed by atoms with Crippen LogP contribution in [0.25, 0.3) is 0 Å². The van der Waals surface area contributed by atoms with Gasteiger partial charge in [0.25, 0.3) is 0 Å². The molecule has 0 atom stereocenters. The zero-order valence-electron chi connectivity index (χ0n) is 14.6. The second-order valence-corrected chi connectivity index (χ2v) is 6.85. The van der Waals surface area contributed by atoms with Gasteiger partial charge in [0, 0.05) is 24.7 Å². The Kier molecular flexibility index (Phi) is 5.25. The third-order valence-corrected chi connectivity index (χ3v) is 5.39. The van der Waals surface area contributed by atoms with Crippen LogP contribution < -0.4 is 5.32 Å². The second-order valence-electron chi connectivity index (χ2n) is 6.85. The van der Waals surface area contributed by atoms with Crippen LogP contribution in [0.3, 0.4) is 0 Å². The van der Waals surface area contributed by atoms with Gasteiger partial charge in [-0.25, -0.2) is 9.18 Å². The lowest BCUT2D eigenvalue weighted by atomic mass is 9.63. The highest BCUT2D eigenvalue weighted by atomic mass is 19.1. The Morgan fingerprint density at radius 1 is 1.28 bits per heavy atom. The van der Waals surface area contributed by atoms with Gasteiger partial charge >= 0.3 is 6.09 Å². The number of hydrogen-bond donors (Lipinski definition) is 1. The van der Waals surface area contributed by atoms with Gasteiger partial charge in [-0.05, 0) is 38.7 Å². The predicted molar refractivity (Wildman–Crippen MR) is 91.7 cm³/mol. The third-order valence-electron chi connectivity index (χ3n) is 5.39. The van der Waals surface area contributed by atoms with Crippen molar-refractivity contribution in [2.75, 3.05) is 19.7 Å². The Morgan fingerprint density at radius 2 is 1.96 bits per heavy atom. The maximum atomic E-state index is 14.2. The van der Waals surface area contributed by atoms with Gasteiger partial charge < -0.3 is 15.0 Å². The van der Waals surface area contributed by atoms with Crippen LogP contribution in [0.2, 0.25) is 0 Å². The Morgan fingerprint density at radius 3 is 2.52 bits per heavy atom. The molecule has 2 aliphatic rings. The molecule has 1 aromatic rings. The number of amides is 2. The monoisotopic (exact) mass is 348 g/mol. The number of nitrogens with one attached hydrogen (secondary N) is 1. The maximum absolute atomic E-state index is 14.2. The van der Waals surface area contributed by atoms with Crippen molar-refractivity contribution < 1.29 is 18.7 Å². The summed E-state index contributed by atoms with van der Waals surface area (Å²) in [5.74, 6) is -0.395. The lowest BCUT2D eigenvalue weighted by Crippen LogP contribution is -2.54. The quantitative estimate of drug-likeness (QED) is 0.910. The van der Waals surface area contributed by atoms with Gasteiger partial charge in [-0.15, -0.1) is 0 Å². The Hall–Kier alpha value is -2.11. The summed E-state index contributed by atoms with van der Waals surface area (Å²) in [6, 6.07) is 6.58. The number of halogens is 1. The van der Waals surface area contributed by atoms with E-state index in [4.69, 9.17) is 4.74 Å². The molecule has 1 heterocycles. The molecule has 6 heteroatoms. The van der Waals surface area contributed by atoms with E-state index >= 15 is 0 Å². The molecular formula is C19H25FN2O3. The Balaban J connectivity index is 1.61. The average Bonchev–Trinajstić information content (AvgIpc) is 2.56. The molecule has 1 saturated heterocycles. The fourth-order valence-electron chi connectivity index (χ4n) is 3.74. The molecule has 1 aromatic carbocycles. The minimum absolute atomic E-state index is 0.0161. The van der Waals surface area contributed by atoms with Gasteiger partial charge in [0.1, 0.15) is 5.82 Å². The van der Waals surface area contributed by atoms with Crippen molar-refractivity contribution in [1.29, 1.82) is 0 Å². The van der Waals surface area contributed by atoms with E-state index in [1.165, 1.54) is 6.07 Å². The van der Waals surface area contributed by atoms with Crippen molar-refractivity contribution >= 4 is 12.0 Å². The maximum Gasteiger partial charge on any atom is 0.409 e. The number of rotatable bonds is 4. The van der Waals surface area contributed by atoms with Crippen LogP contribution in [-0.4, -0.2) is 42.6 Å². The number of carbonyl (C=O) groups is 2. The first-order valence-corrected chi connectivity index (χ1v) is 9.04. The van der Waals surface area contributed by atoms with Gasteiger partial charge in [-0.2, -0.15) is 0 Å². The summed E-state index contributed by atoms with van der Waals surface area (Å²) in [6.07, 6.45) is 3.39. The van der Waals surface area contributed by atoms with Gasteiger partial charge in [0.15, 0.2) is 0 Å². The SMILES string of the molecule is CCOC(=O)N1CCC(NC(=O)C2(c3ccccc3F)CCC2)CC1. The summed E-state index contributed by atoms with van der Waals surface area (Å²) in [7, 11) is 0. The van der Waals surface area contributed by atoms with Crippen LogP contribution in [0.15, 0.2) is 24.3 Å². The molecular weight excluding hydrogens is 323 g/mol. The molecule has 136 valence electrons. The van der Waals surface area contributed by atoms with Crippen molar-refractivity contribution in [1.82, 2.24) is 10.2 Å². The van der Waals surface area contributed by atoms with E-state index in [9.17, 15) is 14.0 Å². The highest BCUT2D eigenvalue weighted by Gasteiger charge is 2.47. The molecule has 1 aliphatic carbocycles. The summed E-state index contributed by atoms with van der Waals surface area (Å²) in [5, 5.41) is 3.09. The van der Waals surface area contributed by atoms with Crippen LogP contribution >= 0.6 is 0 Å². The van der Waals surface area contributed by atoms with E-state index in [0.717, 1.165) is 6.42 Å². The zero-order valence-corrected chi connectivity index (χ0v) is 14.6. The van der Waals surface area contributed by atoms with E-state index in [-0.39, 0.29) is 23.9 Å². The summed E-state index contributed by atoms with van der Waals surface area (Å²) in [4.78, 5) is 26.3. The molecule has 5 nitrogen and oxygen atoms in total. The largest absolute Gasteiger partial charge is 0.450 e. The number of nitrogens with zero attached hydrogens (tertiary/aromatic N) is 1. The highest BCUT2D eigenvalue weighted by Crippen LogP contribution is 2.45. The standard InChI is InChI=1S/C19H25FN2O3/c1-2-25-18(24)22-12-8-14(9-13-22)21-17(23)19(10-5-11-19)15-6-3-4-7-16(15)20/h3-4,6-7,14H,2,5,8-13H2,1H3,(H,21,23). The van der Waals surface area contributed by atoms with Crippen LogP contribution in [0, 0.1) is 5.82 Å². The fourth-order valence-corrected chi connectivity index (χ4v) is 3.74. The van der Waals surface area contributed by atoms with Crippen LogP contribution in [0.1, 0.15) is 44.6 Å². The summed E-state index contributed by atoms with van der Waals surface area (Å²) in [5.41, 5.74) is -0.230. The summed E-state index contributed by atoms with van der Waals surface area (Å²) < 4.78 is 19.2. The average molecular weight is 348 g/mol. The van der Waals surface area contributed by atoms with Gasteiger partial charge in [0.2, 0.25) is 5.91 Å². The zero-order chi connectivity index (χ0) is 17.9. The molecule has 0 radical (unpaired) electrons. The van der Waals surface area contributed by atoms with E-state index in [2.05, 4.69) is 5.32 Å². The molecule has 25 heavy (non-hydrogen) atoms. The lowest BCUT2D eigenvalue weighted by molar-refractivity contribution is -0.131. The molecule has 2 fully saturated rings. The molecule has 1 N–H and O–H groups in total. The number of piperidine rings is 1. The smallest absolute Gasteiger partial charge is 0.409 e. The normalized spacial score (nSPS) is 19.8. The van der Waals surface area contributed by atoms with Crippen molar-refractivity contribution in [2.24, 2.45) is 0 Å². The molecule has 0 unspecified atom stereocenters. The van der Waals surface area contributed by atoms with Crippen LogP contribution in [-0.2, 0) is 14.9 Å². The van der Waals surface area contributed by atoms with Crippen LogP contribution in [0.5, 0.6) is 0 Å². The van der Waals surface area contributed by atoms with Crippen LogP contribution in [0.4, 0.5) is 9.18 Å². The first-order chi connectivity index (χ1) is 12.1. The topological polar surface area (TPSA) is 58.6 Å². The number of ether oxygens (including phenoxy) is 1. The molecule has 0 spiro atoms.